The van der Waals surface area contributed by atoms with Crippen LogP contribution in [0.25, 0.3) is 0 Å². The highest BCUT2D eigenvalue weighted by molar-refractivity contribution is 5.72. The molecule has 0 saturated carbocycles. The Kier molecular flexibility index (Phi) is 5.17. The van der Waals surface area contributed by atoms with Crippen molar-refractivity contribution < 1.29 is 19.2 Å². The minimum atomic E-state index is -0.145. The fraction of sp³-hybridized carbons (Fsp3) is 0.500. The van der Waals surface area contributed by atoms with E-state index in [2.05, 4.69) is 0 Å². The number of hydrogen-bond donors (Lipinski definition) is 1. The molecule has 2 rings (SSSR count). The summed E-state index contributed by atoms with van der Waals surface area (Å²) in [5.74, 6) is -0.145. The summed E-state index contributed by atoms with van der Waals surface area (Å²) < 4.78 is 10.5. The molecular formula is C14H20NO3+. The van der Waals surface area contributed by atoms with Gasteiger partial charge in [0, 0.05) is 0 Å². The summed E-state index contributed by atoms with van der Waals surface area (Å²) in [6, 6.07) is 9.68. The Labute approximate surface area is 107 Å². The number of esters is 1. The molecule has 1 N–H and O–H groups in total. The zero-order valence-electron chi connectivity index (χ0n) is 10.6. The van der Waals surface area contributed by atoms with Gasteiger partial charge in [0.2, 0.25) is 0 Å². The molecule has 0 bridgehead atoms. The average Bonchev–Trinajstić information content (AvgIpc) is 2.41. The minimum Gasteiger partial charge on any atom is -0.459 e. The molecule has 98 valence electrons. The molecule has 0 unspecified atom stereocenters. The Morgan fingerprint density at radius 2 is 1.94 bits per heavy atom. The van der Waals surface area contributed by atoms with E-state index >= 15 is 0 Å². The van der Waals surface area contributed by atoms with E-state index in [9.17, 15) is 4.79 Å². The molecule has 1 heterocycles. The summed E-state index contributed by atoms with van der Waals surface area (Å²) in [4.78, 5) is 13.1. The maximum Gasteiger partial charge on any atom is 0.310 e. The van der Waals surface area contributed by atoms with Gasteiger partial charge in [-0.1, -0.05) is 30.3 Å². The quantitative estimate of drug-likeness (QED) is 0.729. The first-order chi connectivity index (χ1) is 8.84. The van der Waals surface area contributed by atoms with E-state index in [0.29, 0.717) is 13.0 Å². The molecule has 0 spiro atoms. The standard InChI is InChI=1S/C14H19NO3/c16-14(12-13-4-2-1-3-5-13)18-11-8-15-6-9-17-10-7-15/h1-5H,6-12H2/p+1. The lowest BCUT2D eigenvalue weighted by Crippen LogP contribution is -3.14. The molecule has 1 aromatic carbocycles. The first kappa shape index (κ1) is 13.1. The van der Waals surface area contributed by atoms with Crippen LogP contribution in [0.2, 0.25) is 0 Å². The van der Waals surface area contributed by atoms with Crippen molar-refractivity contribution in [2.24, 2.45) is 0 Å². The number of rotatable bonds is 5. The van der Waals surface area contributed by atoms with Gasteiger partial charge < -0.3 is 14.4 Å². The first-order valence-corrected chi connectivity index (χ1v) is 6.45. The summed E-state index contributed by atoms with van der Waals surface area (Å²) in [6.07, 6.45) is 0.360. The van der Waals surface area contributed by atoms with Crippen molar-refractivity contribution in [3.63, 3.8) is 0 Å². The predicted molar refractivity (Wildman–Crippen MR) is 67.5 cm³/mol. The topological polar surface area (TPSA) is 40.0 Å². The van der Waals surface area contributed by atoms with E-state index in [1.54, 1.807) is 0 Å². The molecule has 0 radical (unpaired) electrons. The second-order valence-electron chi connectivity index (χ2n) is 4.50. The van der Waals surface area contributed by atoms with Gasteiger partial charge in [-0.2, -0.15) is 0 Å². The molecule has 1 fully saturated rings. The summed E-state index contributed by atoms with van der Waals surface area (Å²) in [5.41, 5.74) is 1.00. The number of morpholine rings is 1. The Bertz CT molecular complexity index is 361. The lowest BCUT2D eigenvalue weighted by Gasteiger charge is -2.23. The number of benzene rings is 1. The van der Waals surface area contributed by atoms with Gasteiger partial charge >= 0.3 is 5.97 Å². The molecule has 0 atom stereocenters. The average molecular weight is 250 g/mol. The molecule has 0 aromatic heterocycles. The summed E-state index contributed by atoms with van der Waals surface area (Å²) >= 11 is 0. The lowest BCUT2D eigenvalue weighted by molar-refractivity contribution is -0.908. The molecule has 1 aliphatic rings. The highest BCUT2D eigenvalue weighted by atomic mass is 16.5. The maximum absolute atomic E-state index is 11.6. The Hall–Kier alpha value is -1.39. The normalized spacial score (nSPS) is 16.4. The highest BCUT2D eigenvalue weighted by Gasteiger charge is 2.14. The Morgan fingerprint density at radius 3 is 2.67 bits per heavy atom. The van der Waals surface area contributed by atoms with Crippen LogP contribution in [0.3, 0.4) is 0 Å². The zero-order chi connectivity index (χ0) is 12.6. The zero-order valence-corrected chi connectivity index (χ0v) is 10.6. The van der Waals surface area contributed by atoms with Crippen LogP contribution in [-0.2, 0) is 20.7 Å². The summed E-state index contributed by atoms with van der Waals surface area (Å²) in [7, 11) is 0. The van der Waals surface area contributed by atoms with Gasteiger partial charge in [-0.15, -0.1) is 0 Å². The second-order valence-corrected chi connectivity index (χ2v) is 4.50. The van der Waals surface area contributed by atoms with E-state index < -0.39 is 0 Å². The Morgan fingerprint density at radius 1 is 1.22 bits per heavy atom. The van der Waals surface area contributed by atoms with E-state index in [1.165, 1.54) is 4.90 Å². The van der Waals surface area contributed by atoms with Crippen LogP contribution < -0.4 is 4.90 Å². The monoisotopic (exact) mass is 250 g/mol. The third-order valence-electron chi connectivity index (χ3n) is 3.11. The third-order valence-corrected chi connectivity index (χ3v) is 3.11. The number of quaternary nitrogens is 1. The molecule has 0 aliphatic carbocycles. The first-order valence-electron chi connectivity index (χ1n) is 6.45. The number of ether oxygens (including phenoxy) is 2. The van der Waals surface area contributed by atoms with Crippen molar-refractivity contribution in [3.8, 4) is 0 Å². The van der Waals surface area contributed by atoms with Crippen molar-refractivity contribution in [2.75, 3.05) is 39.5 Å². The van der Waals surface area contributed by atoms with Crippen molar-refractivity contribution in [1.82, 2.24) is 0 Å². The lowest BCUT2D eigenvalue weighted by atomic mass is 10.2. The van der Waals surface area contributed by atoms with Crippen LogP contribution in [0.1, 0.15) is 5.56 Å². The van der Waals surface area contributed by atoms with Crippen LogP contribution >= 0.6 is 0 Å². The van der Waals surface area contributed by atoms with E-state index in [1.807, 2.05) is 30.3 Å². The fourth-order valence-electron chi connectivity index (χ4n) is 2.03. The predicted octanol–water partition coefficient (Wildman–Crippen LogP) is -0.313. The number of carbonyl (C=O) groups is 1. The van der Waals surface area contributed by atoms with Gasteiger partial charge in [0.05, 0.1) is 19.6 Å². The van der Waals surface area contributed by atoms with Gasteiger partial charge in [-0.05, 0) is 5.56 Å². The van der Waals surface area contributed by atoms with Crippen LogP contribution in [0.4, 0.5) is 0 Å². The van der Waals surface area contributed by atoms with Crippen LogP contribution in [0.15, 0.2) is 30.3 Å². The minimum absolute atomic E-state index is 0.145. The summed E-state index contributed by atoms with van der Waals surface area (Å²) in [5, 5.41) is 0. The molecule has 1 aromatic rings. The number of carbonyl (C=O) groups excluding carboxylic acids is 1. The molecule has 1 saturated heterocycles. The third kappa shape index (κ3) is 4.47. The van der Waals surface area contributed by atoms with Gasteiger partial charge in [0.25, 0.3) is 0 Å². The fourth-order valence-corrected chi connectivity index (χ4v) is 2.03. The molecule has 0 amide bonds. The molecule has 4 heteroatoms. The summed E-state index contributed by atoms with van der Waals surface area (Å²) in [6.45, 7) is 5.03. The second kappa shape index (κ2) is 7.13. The van der Waals surface area contributed by atoms with Gasteiger partial charge in [0.1, 0.15) is 26.2 Å². The molecule has 1 aliphatic heterocycles. The van der Waals surface area contributed by atoms with E-state index in [4.69, 9.17) is 9.47 Å². The molecular weight excluding hydrogens is 230 g/mol. The Balaban J connectivity index is 1.62. The van der Waals surface area contributed by atoms with Crippen molar-refractivity contribution in [2.45, 2.75) is 6.42 Å². The highest BCUT2D eigenvalue weighted by Crippen LogP contribution is 2.00. The maximum atomic E-state index is 11.6. The van der Waals surface area contributed by atoms with Crippen LogP contribution in [-0.4, -0.2) is 45.4 Å². The molecule has 18 heavy (non-hydrogen) atoms. The van der Waals surface area contributed by atoms with Crippen molar-refractivity contribution in [1.29, 1.82) is 0 Å². The van der Waals surface area contributed by atoms with Gasteiger partial charge in [-0.3, -0.25) is 4.79 Å². The van der Waals surface area contributed by atoms with Crippen molar-refractivity contribution >= 4 is 5.97 Å². The van der Waals surface area contributed by atoms with Gasteiger partial charge in [0.15, 0.2) is 0 Å². The van der Waals surface area contributed by atoms with Crippen molar-refractivity contribution in [3.05, 3.63) is 35.9 Å². The molecule has 4 nitrogen and oxygen atoms in total. The van der Waals surface area contributed by atoms with Gasteiger partial charge in [-0.25, -0.2) is 0 Å². The SMILES string of the molecule is O=C(Cc1ccccc1)OCC[NH+]1CCOCC1. The number of nitrogens with one attached hydrogen (secondary N) is 1. The largest absolute Gasteiger partial charge is 0.459 e. The van der Waals surface area contributed by atoms with Crippen LogP contribution in [0, 0.1) is 0 Å². The van der Waals surface area contributed by atoms with Crippen LogP contribution in [0.5, 0.6) is 0 Å². The smallest absolute Gasteiger partial charge is 0.310 e. The van der Waals surface area contributed by atoms with E-state index in [0.717, 1.165) is 38.4 Å². The number of hydrogen-bond acceptors (Lipinski definition) is 3. The van der Waals surface area contributed by atoms with E-state index in [-0.39, 0.29) is 5.97 Å².